The average Bonchev–Trinajstić information content (AvgIpc) is 2.55. The van der Waals surface area contributed by atoms with Gasteiger partial charge in [0.05, 0.1) is 12.6 Å². The summed E-state index contributed by atoms with van der Waals surface area (Å²) in [5.41, 5.74) is 1.85. The first kappa shape index (κ1) is 15.4. The highest BCUT2D eigenvalue weighted by molar-refractivity contribution is 5.99. The number of carbonyl (C=O) groups excluding carboxylic acids is 1. The molecule has 1 N–H and O–H groups in total. The van der Waals surface area contributed by atoms with Crippen molar-refractivity contribution in [1.29, 1.82) is 0 Å². The van der Waals surface area contributed by atoms with Gasteiger partial charge in [-0.3, -0.25) is 9.69 Å². The van der Waals surface area contributed by atoms with E-state index in [2.05, 4.69) is 0 Å². The van der Waals surface area contributed by atoms with Gasteiger partial charge in [0.1, 0.15) is 0 Å². The Morgan fingerprint density at radius 1 is 1.05 bits per heavy atom. The highest BCUT2D eigenvalue weighted by atomic mass is 16.3. The summed E-state index contributed by atoms with van der Waals surface area (Å²) in [6.07, 6.45) is 0. The van der Waals surface area contributed by atoms with Crippen LogP contribution in [0, 0.1) is 0 Å². The molecule has 1 atom stereocenters. The molecule has 0 unspecified atom stereocenters. The average molecular weight is 283 g/mol. The Balaban J connectivity index is 2.12. The summed E-state index contributed by atoms with van der Waals surface area (Å²) in [6.45, 7) is 3.07. The topological polar surface area (TPSA) is 40.5 Å². The van der Waals surface area contributed by atoms with Crippen LogP contribution in [0.15, 0.2) is 60.7 Å². The van der Waals surface area contributed by atoms with Crippen molar-refractivity contribution in [2.24, 2.45) is 0 Å². The number of rotatable bonds is 7. The molecule has 110 valence electrons. The molecule has 0 aliphatic rings. The van der Waals surface area contributed by atoms with Crippen LogP contribution in [-0.2, 0) is 6.54 Å². The molecule has 0 aliphatic carbocycles. The van der Waals surface area contributed by atoms with E-state index in [0.717, 1.165) is 5.56 Å². The zero-order valence-corrected chi connectivity index (χ0v) is 12.3. The minimum atomic E-state index is -0.264. The summed E-state index contributed by atoms with van der Waals surface area (Å²) in [5, 5.41) is 9.26. The van der Waals surface area contributed by atoms with Gasteiger partial charge < -0.3 is 5.11 Å². The van der Waals surface area contributed by atoms with E-state index in [-0.39, 0.29) is 18.4 Å². The van der Waals surface area contributed by atoms with Crippen LogP contribution in [0.3, 0.4) is 0 Å². The highest BCUT2D eigenvalue weighted by Gasteiger charge is 2.22. The molecule has 2 aromatic carbocycles. The van der Waals surface area contributed by atoms with Crippen molar-refractivity contribution < 1.29 is 9.90 Å². The molecule has 2 aromatic rings. The maximum atomic E-state index is 12.5. The van der Waals surface area contributed by atoms with Crippen LogP contribution in [0.2, 0.25) is 0 Å². The van der Waals surface area contributed by atoms with E-state index in [4.69, 9.17) is 0 Å². The second-order valence-electron chi connectivity index (χ2n) is 5.09. The van der Waals surface area contributed by atoms with E-state index >= 15 is 0 Å². The van der Waals surface area contributed by atoms with Gasteiger partial charge in [-0.2, -0.15) is 0 Å². The van der Waals surface area contributed by atoms with Gasteiger partial charge >= 0.3 is 0 Å². The second kappa shape index (κ2) is 7.72. The maximum absolute atomic E-state index is 12.5. The first-order valence-electron chi connectivity index (χ1n) is 7.20. The smallest absolute Gasteiger partial charge is 0.179 e. The molecule has 0 bridgehead atoms. The normalized spacial score (nSPS) is 12.3. The van der Waals surface area contributed by atoms with E-state index in [1.807, 2.05) is 72.5 Å². The summed E-state index contributed by atoms with van der Waals surface area (Å²) in [5.74, 6) is 0.0833. The number of aliphatic hydroxyl groups is 1. The Labute approximate surface area is 125 Å². The van der Waals surface area contributed by atoms with Gasteiger partial charge in [0.25, 0.3) is 0 Å². The molecule has 0 spiro atoms. The Morgan fingerprint density at radius 3 is 2.19 bits per heavy atom. The van der Waals surface area contributed by atoms with E-state index in [1.54, 1.807) is 0 Å². The molecule has 0 saturated carbocycles. The third-order valence-electron chi connectivity index (χ3n) is 3.60. The minimum Gasteiger partial charge on any atom is -0.395 e. The summed E-state index contributed by atoms with van der Waals surface area (Å²) < 4.78 is 0. The van der Waals surface area contributed by atoms with E-state index in [1.165, 1.54) is 0 Å². The molecular weight excluding hydrogens is 262 g/mol. The molecule has 0 amide bonds. The number of hydrogen-bond acceptors (Lipinski definition) is 3. The molecule has 3 nitrogen and oxygen atoms in total. The third-order valence-corrected chi connectivity index (χ3v) is 3.60. The van der Waals surface area contributed by atoms with Gasteiger partial charge in [-0.15, -0.1) is 0 Å². The van der Waals surface area contributed by atoms with Crippen LogP contribution >= 0.6 is 0 Å². The standard InChI is InChI=1S/C18H21NO2/c1-15(18(21)17-10-6-3-7-11-17)19(12-13-20)14-16-8-4-2-5-9-16/h2-11,15,20H,12-14H2,1H3/t15-/m1/s1. The van der Waals surface area contributed by atoms with Crippen LogP contribution in [0.5, 0.6) is 0 Å². The number of ketones is 1. The Kier molecular flexibility index (Phi) is 5.67. The predicted molar refractivity (Wildman–Crippen MR) is 84.2 cm³/mol. The lowest BCUT2D eigenvalue weighted by atomic mass is 10.0. The van der Waals surface area contributed by atoms with Gasteiger partial charge in [-0.05, 0) is 12.5 Å². The summed E-state index contributed by atoms with van der Waals surface area (Å²) in [6, 6.07) is 19.0. The molecule has 0 aromatic heterocycles. The molecule has 0 fully saturated rings. The van der Waals surface area contributed by atoms with Crippen molar-refractivity contribution in [3.63, 3.8) is 0 Å². The molecule has 3 heteroatoms. The van der Waals surface area contributed by atoms with Crippen molar-refractivity contribution >= 4 is 5.78 Å². The molecule has 0 radical (unpaired) electrons. The van der Waals surface area contributed by atoms with E-state index in [9.17, 15) is 9.90 Å². The number of benzene rings is 2. The fourth-order valence-electron chi connectivity index (χ4n) is 2.37. The van der Waals surface area contributed by atoms with Crippen LogP contribution in [0.1, 0.15) is 22.8 Å². The van der Waals surface area contributed by atoms with Crippen molar-refractivity contribution in [1.82, 2.24) is 4.90 Å². The summed E-state index contributed by atoms with van der Waals surface area (Å²) in [4.78, 5) is 14.5. The van der Waals surface area contributed by atoms with Crippen LogP contribution in [0.25, 0.3) is 0 Å². The molecule has 0 aliphatic heterocycles. The highest BCUT2D eigenvalue weighted by Crippen LogP contribution is 2.12. The van der Waals surface area contributed by atoms with Crippen molar-refractivity contribution in [2.75, 3.05) is 13.2 Å². The number of hydrogen-bond donors (Lipinski definition) is 1. The molecule has 0 saturated heterocycles. The predicted octanol–water partition coefficient (Wildman–Crippen LogP) is 2.75. The lowest BCUT2D eigenvalue weighted by Gasteiger charge is -2.27. The summed E-state index contributed by atoms with van der Waals surface area (Å²) in [7, 11) is 0. The molecule has 0 heterocycles. The van der Waals surface area contributed by atoms with Gasteiger partial charge in [0.15, 0.2) is 5.78 Å². The van der Waals surface area contributed by atoms with Crippen molar-refractivity contribution in [2.45, 2.75) is 19.5 Å². The quantitative estimate of drug-likeness (QED) is 0.794. The van der Waals surface area contributed by atoms with Crippen LogP contribution in [0.4, 0.5) is 0 Å². The van der Waals surface area contributed by atoms with Crippen LogP contribution in [-0.4, -0.2) is 35.0 Å². The largest absolute Gasteiger partial charge is 0.395 e. The van der Waals surface area contributed by atoms with Gasteiger partial charge in [0.2, 0.25) is 0 Å². The van der Waals surface area contributed by atoms with E-state index < -0.39 is 0 Å². The lowest BCUT2D eigenvalue weighted by Crippen LogP contribution is -2.40. The SMILES string of the molecule is C[C@H](C(=O)c1ccccc1)N(CCO)Cc1ccccc1. The number of Topliss-reactive ketones (excluding diaryl/α,β-unsaturated/α-hetero) is 1. The lowest BCUT2D eigenvalue weighted by molar-refractivity contribution is 0.0794. The Hall–Kier alpha value is -1.97. The van der Waals surface area contributed by atoms with Gasteiger partial charge in [0, 0.05) is 18.7 Å². The monoisotopic (exact) mass is 283 g/mol. The number of aliphatic hydroxyl groups excluding tert-OH is 1. The minimum absolute atomic E-state index is 0.0409. The van der Waals surface area contributed by atoms with Gasteiger partial charge in [-0.25, -0.2) is 0 Å². The van der Waals surface area contributed by atoms with Crippen LogP contribution < -0.4 is 0 Å². The Morgan fingerprint density at radius 2 is 1.62 bits per heavy atom. The third kappa shape index (κ3) is 4.25. The van der Waals surface area contributed by atoms with Crippen molar-refractivity contribution in [3.05, 3.63) is 71.8 Å². The number of carbonyl (C=O) groups is 1. The zero-order chi connectivity index (χ0) is 15.1. The summed E-state index contributed by atoms with van der Waals surface area (Å²) >= 11 is 0. The fraction of sp³-hybridized carbons (Fsp3) is 0.278. The first-order valence-corrected chi connectivity index (χ1v) is 7.20. The van der Waals surface area contributed by atoms with E-state index in [0.29, 0.717) is 18.7 Å². The first-order chi connectivity index (χ1) is 10.2. The van der Waals surface area contributed by atoms with Gasteiger partial charge in [-0.1, -0.05) is 60.7 Å². The second-order valence-corrected chi connectivity index (χ2v) is 5.09. The molecule has 21 heavy (non-hydrogen) atoms. The molecule has 2 rings (SSSR count). The maximum Gasteiger partial charge on any atom is 0.179 e. The zero-order valence-electron chi connectivity index (χ0n) is 12.3. The number of nitrogens with zero attached hydrogens (tertiary/aromatic N) is 1. The molecular formula is C18H21NO2. The fourth-order valence-corrected chi connectivity index (χ4v) is 2.37. The Bertz CT molecular complexity index is 554. The van der Waals surface area contributed by atoms with Crippen molar-refractivity contribution in [3.8, 4) is 0 Å².